The van der Waals surface area contributed by atoms with Crippen LogP contribution in [0.3, 0.4) is 0 Å². The van der Waals surface area contributed by atoms with E-state index in [0.29, 0.717) is 29.6 Å². The molecule has 1 aromatic heterocycles. The number of carbonyl (C=O) groups is 1. The number of nitrogens with one attached hydrogen (secondary N) is 1. The molecule has 3 rings (SSSR count). The van der Waals surface area contributed by atoms with E-state index in [2.05, 4.69) is 20.7 Å². The Balaban J connectivity index is 1.59. The topological polar surface area (TPSA) is 102 Å². The second-order valence-corrected chi connectivity index (χ2v) is 7.07. The van der Waals surface area contributed by atoms with Crippen LogP contribution >= 0.6 is 11.8 Å². The van der Waals surface area contributed by atoms with Gasteiger partial charge in [0.25, 0.3) is 5.91 Å². The van der Waals surface area contributed by atoms with Gasteiger partial charge in [0.1, 0.15) is 0 Å². The van der Waals surface area contributed by atoms with E-state index in [1.54, 1.807) is 18.2 Å². The van der Waals surface area contributed by atoms with Gasteiger partial charge in [0.15, 0.2) is 22.5 Å². The van der Waals surface area contributed by atoms with Crippen LogP contribution in [-0.2, 0) is 11.3 Å². The SMILES string of the molecule is CCOc1cccc(/C=N\NC(=O)CSc2nnc(-c3ccccc3)n2CC)c1O. The smallest absolute Gasteiger partial charge is 0.250 e. The van der Waals surface area contributed by atoms with Crippen molar-refractivity contribution < 1.29 is 14.6 Å². The average molecular weight is 426 g/mol. The van der Waals surface area contributed by atoms with Crippen molar-refractivity contribution in [3.05, 3.63) is 54.1 Å². The zero-order valence-corrected chi connectivity index (χ0v) is 17.6. The number of amides is 1. The average Bonchev–Trinajstić information content (AvgIpc) is 3.18. The molecule has 0 unspecified atom stereocenters. The van der Waals surface area contributed by atoms with Crippen LogP contribution in [0, 0.1) is 0 Å². The fourth-order valence-corrected chi connectivity index (χ4v) is 3.53. The first kappa shape index (κ1) is 21.4. The third kappa shape index (κ3) is 5.18. The number of aromatic nitrogens is 3. The molecule has 0 saturated carbocycles. The van der Waals surface area contributed by atoms with Crippen molar-refractivity contribution in [1.82, 2.24) is 20.2 Å². The summed E-state index contributed by atoms with van der Waals surface area (Å²) in [7, 11) is 0. The second kappa shape index (κ2) is 10.4. The van der Waals surface area contributed by atoms with E-state index in [4.69, 9.17) is 4.74 Å². The number of phenols is 1. The van der Waals surface area contributed by atoms with Gasteiger partial charge in [-0.15, -0.1) is 10.2 Å². The molecule has 0 spiro atoms. The Morgan fingerprint density at radius 1 is 1.20 bits per heavy atom. The number of rotatable bonds is 9. The van der Waals surface area contributed by atoms with Gasteiger partial charge in [-0.2, -0.15) is 5.10 Å². The molecule has 2 aromatic carbocycles. The Morgan fingerprint density at radius 2 is 2.00 bits per heavy atom. The molecule has 8 nitrogen and oxygen atoms in total. The number of carbonyl (C=O) groups excluding carboxylic acids is 1. The van der Waals surface area contributed by atoms with Crippen LogP contribution in [0.5, 0.6) is 11.5 Å². The molecule has 0 saturated heterocycles. The predicted octanol–water partition coefficient (Wildman–Crippen LogP) is 3.31. The maximum Gasteiger partial charge on any atom is 0.250 e. The summed E-state index contributed by atoms with van der Waals surface area (Å²) in [5, 5.41) is 23.2. The summed E-state index contributed by atoms with van der Waals surface area (Å²) in [5.74, 6) is 0.967. The highest BCUT2D eigenvalue weighted by Crippen LogP contribution is 2.28. The van der Waals surface area contributed by atoms with Gasteiger partial charge in [0, 0.05) is 17.7 Å². The highest BCUT2D eigenvalue weighted by molar-refractivity contribution is 7.99. The highest BCUT2D eigenvalue weighted by atomic mass is 32.2. The van der Waals surface area contributed by atoms with E-state index in [-0.39, 0.29) is 17.4 Å². The maximum atomic E-state index is 12.1. The Hall–Kier alpha value is -3.33. The Bertz CT molecular complexity index is 1020. The summed E-state index contributed by atoms with van der Waals surface area (Å²) in [6.07, 6.45) is 1.38. The normalized spacial score (nSPS) is 11.0. The van der Waals surface area contributed by atoms with Crippen LogP contribution < -0.4 is 10.2 Å². The molecule has 3 aromatic rings. The molecule has 1 amide bonds. The summed E-state index contributed by atoms with van der Waals surface area (Å²) < 4.78 is 7.30. The molecular weight excluding hydrogens is 402 g/mol. The second-order valence-electron chi connectivity index (χ2n) is 6.13. The van der Waals surface area contributed by atoms with E-state index in [9.17, 15) is 9.90 Å². The first-order chi connectivity index (χ1) is 14.6. The van der Waals surface area contributed by atoms with Crippen LogP contribution in [0.4, 0.5) is 0 Å². The number of thioether (sulfide) groups is 1. The number of para-hydroxylation sites is 1. The van der Waals surface area contributed by atoms with E-state index in [0.717, 1.165) is 11.4 Å². The molecule has 0 aliphatic carbocycles. The van der Waals surface area contributed by atoms with Gasteiger partial charge in [-0.05, 0) is 26.0 Å². The quantitative estimate of drug-likeness (QED) is 0.310. The number of benzene rings is 2. The monoisotopic (exact) mass is 425 g/mol. The summed E-state index contributed by atoms with van der Waals surface area (Å²) in [6, 6.07) is 14.9. The van der Waals surface area contributed by atoms with Gasteiger partial charge >= 0.3 is 0 Å². The first-order valence-corrected chi connectivity index (χ1v) is 10.5. The minimum atomic E-state index is -0.288. The number of ether oxygens (including phenoxy) is 1. The van der Waals surface area contributed by atoms with Crippen molar-refractivity contribution >= 4 is 23.9 Å². The van der Waals surface area contributed by atoms with Gasteiger partial charge in [-0.3, -0.25) is 4.79 Å². The minimum absolute atomic E-state index is 0.0174. The molecule has 9 heteroatoms. The number of nitrogens with zero attached hydrogens (tertiary/aromatic N) is 4. The van der Waals surface area contributed by atoms with Gasteiger partial charge < -0.3 is 14.4 Å². The molecule has 0 fully saturated rings. The van der Waals surface area contributed by atoms with Crippen molar-refractivity contribution in [3.63, 3.8) is 0 Å². The summed E-state index contributed by atoms with van der Waals surface area (Å²) in [6.45, 7) is 4.97. The van der Waals surface area contributed by atoms with Crippen LogP contribution in [0.25, 0.3) is 11.4 Å². The fourth-order valence-electron chi connectivity index (χ4n) is 2.73. The van der Waals surface area contributed by atoms with Crippen molar-refractivity contribution in [2.45, 2.75) is 25.5 Å². The Morgan fingerprint density at radius 3 is 2.73 bits per heavy atom. The Kier molecular flexibility index (Phi) is 7.45. The Labute approximate surface area is 179 Å². The van der Waals surface area contributed by atoms with Gasteiger partial charge in [0.05, 0.1) is 18.6 Å². The maximum absolute atomic E-state index is 12.1. The first-order valence-electron chi connectivity index (χ1n) is 9.52. The third-order valence-corrected chi connectivity index (χ3v) is 5.09. The van der Waals surface area contributed by atoms with Crippen molar-refractivity contribution in [1.29, 1.82) is 0 Å². The predicted molar refractivity (Wildman–Crippen MR) is 117 cm³/mol. The van der Waals surface area contributed by atoms with Crippen molar-refractivity contribution in [2.24, 2.45) is 5.10 Å². The molecule has 0 aliphatic rings. The number of hydrazone groups is 1. The molecule has 156 valence electrons. The molecular formula is C21H23N5O3S. The zero-order valence-electron chi connectivity index (χ0n) is 16.8. The van der Waals surface area contributed by atoms with E-state index >= 15 is 0 Å². The largest absolute Gasteiger partial charge is 0.504 e. The number of hydrogen-bond donors (Lipinski definition) is 2. The van der Waals surface area contributed by atoms with Gasteiger partial charge in [0.2, 0.25) is 0 Å². The van der Waals surface area contributed by atoms with Crippen LogP contribution in [0.15, 0.2) is 58.8 Å². The van der Waals surface area contributed by atoms with Crippen LogP contribution in [-0.4, -0.2) is 44.4 Å². The lowest BCUT2D eigenvalue weighted by atomic mass is 10.2. The minimum Gasteiger partial charge on any atom is -0.504 e. The lowest BCUT2D eigenvalue weighted by molar-refractivity contribution is -0.118. The van der Waals surface area contributed by atoms with Crippen LogP contribution in [0.2, 0.25) is 0 Å². The molecule has 0 radical (unpaired) electrons. The van der Waals surface area contributed by atoms with Gasteiger partial charge in [-0.25, -0.2) is 5.43 Å². The zero-order chi connectivity index (χ0) is 21.3. The summed E-state index contributed by atoms with van der Waals surface area (Å²) in [4.78, 5) is 12.1. The molecule has 0 bridgehead atoms. The van der Waals surface area contributed by atoms with Crippen LogP contribution in [0.1, 0.15) is 19.4 Å². The number of phenolic OH excluding ortho intramolecular Hbond substituents is 1. The number of hydrogen-bond acceptors (Lipinski definition) is 7. The fraction of sp³-hybridized carbons (Fsp3) is 0.238. The van der Waals surface area contributed by atoms with Gasteiger partial charge in [-0.1, -0.05) is 48.2 Å². The van der Waals surface area contributed by atoms with Crippen molar-refractivity contribution in [2.75, 3.05) is 12.4 Å². The molecule has 0 aliphatic heterocycles. The molecule has 30 heavy (non-hydrogen) atoms. The lowest BCUT2D eigenvalue weighted by Crippen LogP contribution is -2.20. The molecule has 1 heterocycles. The van der Waals surface area contributed by atoms with E-state index in [1.165, 1.54) is 18.0 Å². The highest BCUT2D eigenvalue weighted by Gasteiger charge is 2.14. The third-order valence-electron chi connectivity index (χ3n) is 4.12. The van der Waals surface area contributed by atoms with Crippen molar-refractivity contribution in [3.8, 4) is 22.9 Å². The van der Waals surface area contributed by atoms with E-state index < -0.39 is 0 Å². The summed E-state index contributed by atoms with van der Waals surface area (Å²) in [5.41, 5.74) is 3.88. The lowest BCUT2D eigenvalue weighted by Gasteiger charge is -2.07. The standard InChI is InChI=1S/C21H23N5O3S/c1-3-26-20(15-9-6-5-7-10-15)24-25-21(26)30-14-18(27)23-22-13-16-11-8-12-17(19(16)28)29-4-2/h5-13,28H,3-4,14H2,1-2H3,(H,23,27)/b22-13-. The number of aromatic hydroxyl groups is 1. The molecule has 0 atom stereocenters. The summed E-state index contributed by atoms with van der Waals surface area (Å²) >= 11 is 1.29. The molecule has 2 N–H and O–H groups in total. The van der Waals surface area contributed by atoms with E-state index in [1.807, 2.05) is 48.7 Å².